The van der Waals surface area contributed by atoms with Crippen molar-refractivity contribution >= 4 is 28.8 Å². The van der Waals surface area contributed by atoms with Crippen LogP contribution in [0.5, 0.6) is 0 Å². The van der Waals surface area contributed by atoms with Crippen LogP contribution >= 0.6 is 12.2 Å². The van der Waals surface area contributed by atoms with E-state index < -0.39 is 5.41 Å². The number of nitrogens with zero attached hydrogens (tertiary/aromatic N) is 1. The van der Waals surface area contributed by atoms with Gasteiger partial charge in [-0.3, -0.25) is 9.78 Å². The monoisotopic (exact) mass is 249 g/mol. The van der Waals surface area contributed by atoms with Gasteiger partial charge < -0.3 is 11.1 Å². The summed E-state index contributed by atoms with van der Waals surface area (Å²) >= 11 is 4.95. The van der Waals surface area contributed by atoms with E-state index in [1.165, 1.54) is 0 Å². The average molecular weight is 249 g/mol. The van der Waals surface area contributed by atoms with E-state index in [0.717, 1.165) is 29.8 Å². The molecule has 0 radical (unpaired) electrons. The number of anilines is 1. The molecule has 1 aromatic rings. The van der Waals surface area contributed by atoms with E-state index in [1.54, 1.807) is 6.20 Å². The van der Waals surface area contributed by atoms with E-state index in [1.807, 2.05) is 19.9 Å². The molecule has 1 heterocycles. The normalized spacial score (nSPS) is 16.4. The lowest BCUT2D eigenvalue weighted by molar-refractivity contribution is -0.118. The minimum absolute atomic E-state index is 0.107. The van der Waals surface area contributed by atoms with E-state index in [4.69, 9.17) is 18.0 Å². The minimum atomic E-state index is -0.621. The van der Waals surface area contributed by atoms with Crippen molar-refractivity contribution in [1.29, 1.82) is 0 Å². The molecule has 2 rings (SSSR count). The van der Waals surface area contributed by atoms with Gasteiger partial charge in [-0.1, -0.05) is 12.2 Å². The van der Waals surface area contributed by atoms with Crippen molar-refractivity contribution < 1.29 is 4.79 Å². The Bertz CT molecular complexity index is 474. The van der Waals surface area contributed by atoms with E-state index in [0.29, 0.717) is 0 Å². The Hall–Kier alpha value is -1.49. The molecule has 0 spiro atoms. The molecule has 1 aliphatic rings. The van der Waals surface area contributed by atoms with Crippen LogP contribution in [-0.4, -0.2) is 15.9 Å². The number of amides is 1. The first-order chi connectivity index (χ1) is 7.97. The summed E-state index contributed by atoms with van der Waals surface area (Å²) in [4.78, 5) is 16.6. The van der Waals surface area contributed by atoms with E-state index in [9.17, 15) is 4.79 Å². The lowest BCUT2D eigenvalue weighted by Gasteiger charge is -2.16. The number of nitrogens with one attached hydrogen (secondary N) is 1. The summed E-state index contributed by atoms with van der Waals surface area (Å²) in [6.07, 6.45) is 3.21. The van der Waals surface area contributed by atoms with Crippen LogP contribution in [0.25, 0.3) is 0 Å². The van der Waals surface area contributed by atoms with E-state index in [2.05, 4.69) is 10.3 Å². The Labute approximate surface area is 106 Å². The molecule has 0 unspecified atom stereocenters. The molecule has 1 amide bonds. The maximum atomic E-state index is 12.1. The topological polar surface area (TPSA) is 68.0 Å². The summed E-state index contributed by atoms with van der Waals surface area (Å²) in [5, 5.41) is 2.89. The molecule has 4 nitrogen and oxygen atoms in total. The summed E-state index contributed by atoms with van der Waals surface area (Å²) in [7, 11) is 0. The van der Waals surface area contributed by atoms with Crippen molar-refractivity contribution in [1.82, 2.24) is 4.98 Å². The van der Waals surface area contributed by atoms with Crippen LogP contribution in [0.2, 0.25) is 0 Å². The maximum Gasteiger partial charge on any atom is 0.237 e. The largest absolute Gasteiger partial charge is 0.392 e. The lowest BCUT2D eigenvalue weighted by atomic mass is 10.1. The fourth-order valence-corrected chi connectivity index (χ4v) is 2.12. The molecule has 3 N–H and O–H groups in total. The Morgan fingerprint density at radius 1 is 1.53 bits per heavy atom. The van der Waals surface area contributed by atoms with E-state index >= 15 is 0 Å². The van der Waals surface area contributed by atoms with Crippen LogP contribution in [0.3, 0.4) is 0 Å². The number of nitrogens with two attached hydrogens (primary N) is 1. The predicted molar refractivity (Wildman–Crippen MR) is 70.8 cm³/mol. The third-order valence-electron chi connectivity index (χ3n) is 3.24. The number of pyridine rings is 1. The zero-order chi connectivity index (χ0) is 12.6. The molecule has 1 saturated carbocycles. The zero-order valence-electron chi connectivity index (χ0n) is 9.91. The molecule has 1 aromatic heterocycles. The Balaban J connectivity index is 2.23. The highest BCUT2D eigenvalue weighted by Crippen LogP contribution is 2.47. The lowest BCUT2D eigenvalue weighted by Crippen LogP contribution is -2.35. The first-order valence-electron chi connectivity index (χ1n) is 5.51. The molecule has 5 heteroatoms. The first kappa shape index (κ1) is 12.0. The number of aromatic nitrogens is 1. The average Bonchev–Trinajstić information content (AvgIpc) is 3.04. The van der Waals surface area contributed by atoms with Crippen molar-refractivity contribution in [2.45, 2.75) is 26.7 Å². The number of hydrogen-bond donors (Lipinski definition) is 2. The van der Waals surface area contributed by atoms with Crippen LogP contribution in [0, 0.1) is 19.3 Å². The van der Waals surface area contributed by atoms with Crippen molar-refractivity contribution in [3.63, 3.8) is 0 Å². The van der Waals surface area contributed by atoms with Crippen molar-refractivity contribution in [2.75, 3.05) is 5.32 Å². The smallest absolute Gasteiger partial charge is 0.237 e. The SMILES string of the molecule is Cc1ccnc(C)c1NC(=O)C1(C(N)=S)CC1. The summed E-state index contributed by atoms with van der Waals surface area (Å²) in [5.41, 5.74) is 7.55. The van der Waals surface area contributed by atoms with Crippen LogP contribution in [0.15, 0.2) is 12.3 Å². The molecule has 0 bridgehead atoms. The van der Waals surface area contributed by atoms with Gasteiger partial charge in [0.1, 0.15) is 0 Å². The predicted octanol–water partition coefficient (Wildman–Crippen LogP) is 1.70. The quantitative estimate of drug-likeness (QED) is 0.800. The number of thiocarbonyl (C=S) groups is 1. The molecule has 0 atom stereocenters. The second kappa shape index (κ2) is 4.07. The second-order valence-electron chi connectivity index (χ2n) is 4.49. The van der Waals surface area contributed by atoms with Crippen molar-refractivity contribution in [3.8, 4) is 0 Å². The number of aryl methyl sites for hydroxylation is 2. The van der Waals surface area contributed by atoms with Gasteiger partial charge in [-0.2, -0.15) is 0 Å². The summed E-state index contributed by atoms with van der Waals surface area (Å²) in [6.45, 7) is 3.80. The summed E-state index contributed by atoms with van der Waals surface area (Å²) in [6, 6.07) is 1.86. The summed E-state index contributed by atoms with van der Waals surface area (Å²) in [5.74, 6) is -0.107. The molecule has 1 fully saturated rings. The summed E-state index contributed by atoms with van der Waals surface area (Å²) < 4.78 is 0. The highest BCUT2D eigenvalue weighted by molar-refractivity contribution is 7.80. The number of hydrogen-bond acceptors (Lipinski definition) is 3. The van der Waals surface area contributed by atoms with Crippen LogP contribution in [0.4, 0.5) is 5.69 Å². The standard InChI is InChI=1S/C12H15N3OS/c1-7-3-6-14-8(2)9(7)15-11(16)12(4-5-12)10(13)17/h3,6H,4-5H2,1-2H3,(H2,13,17)(H,15,16). The molecular weight excluding hydrogens is 234 g/mol. The van der Waals surface area contributed by atoms with Gasteiger partial charge in [0, 0.05) is 6.20 Å². The van der Waals surface area contributed by atoms with Gasteiger partial charge in [0.2, 0.25) is 5.91 Å². The molecule has 1 aliphatic carbocycles. The van der Waals surface area contributed by atoms with Crippen molar-refractivity contribution in [3.05, 3.63) is 23.5 Å². The number of carbonyl (C=O) groups excluding carboxylic acids is 1. The zero-order valence-corrected chi connectivity index (χ0v) is 10.7. The maximum absolute atomic E-state index is 12.1. The molecule has 0 aliphatic heterocycles. The van der Waals surface area contributed by atoms with Gasteiger partial charge >= 0.3 is 0 Å². The third-order valence-corrected chi connectivity index (χ3v) is 3.63. The van der Waals surface area contributed by atoms with Crippen molar-refractivity contribution in [2.24, 2.45) is 11.1 Å². The molecule has 17 heavy (non-hydrogen) atoms. The van der Waals surface area contributed by atoms with Crippen LogP contribution in [-0.2, 0) is 4.79 Å². The highest BCUT2D eigenvalue weighted by Gasteiger charge is 2.52. The Morgan fingerprint density at radius 2 is 2.18 bits per heavy atom. The van der Waals surface area contributed by atoms with Gasteiger partial charge in [0.05, 0.1) is 21.8 Å². The molecular formula is C12H15N3OS. The Kier molecular flexibility index (Phi) is 2.87. The van der Waals surface area contributed by atoms with Gasteiger partial charge in [-0.15, -0.1) is 0 Å². The number of rotatable bonds is 3. The third kappa shape index (κ3) is 2.02. The fraction of sp³-hybridized carbons (Fsp3) is 0.417. The van der Waals surface area contributed by atoms with Gasteiger partial charge in [0.15, 0.2) is 0 Å². The van der Waals surface area contributed by atoms with E-state index in [-0.39, 0.29) is 10.9 Å². The first-order valence-corrected chi connectivity index (χ1v) is 5.92. The molecule has 90 valence electrons. The number of carbonyl (C=O) groups is 1. The van der Waals surface area contributed by atoms with Crippen LogP contribution < -0.4 is 11.1 Å². The second-order valence-corrected chi connectivity index (χ2v) is 4.93. The molecule has 0 saturated heterocycles. The fourth-order valence-electron chi connectivity index (χ4n) is 1.83. The minimum Gasteiger partial charge on any atom is -0.392 e. The van der Waals surface area contributed by atoms with Gasteiger partial charge in [-0.25, -0.2) is 0 Å². The van der Waals surface area contributed by atoms with Gasteiger partial charge in [-0.05, 0) is 38.3 Å². The molecule has 0 aromatic carbocycles. The Morgan fingerprint density at radius 3 is 2.65 bits per heavy atom. The highest BCUT2D eigenvalue weighted by atomic mass is 32.1. The van der Waals surface area contributed by atoms with Crippen LogP contribution in [0.1, 0.15) is 24.1 Å². The van der Waals surface area contributed by atoms with Gasteiger partial charge in [0.25, 0.3) is 0 Å².